The number of carbonyl (C=O) groups is 1. The van der Waals surface area contributed by atoms with Gasteiger partial charge in [0.1, 0.15) is 6.54 Å². The predicted octanol–water partition coefficient (Wildman–Crippen LogP) is 1.10. The van der Waals surface area contributed by atoms with Crippen molar-refractivity contribution in [2.45, 2.75) is 19.9 Å². The molecule has 0 aliphatic carbocycles. The van der Waals surface area contributed by atoms with Crippen LogP contribution in [0.2, 0.25) is 0 Å². The van der Waals surface area contributed by atoms with Crippen LogP contribution < -0.4 is 16.8 Å². The number of carbonyl (C=O) groups excluding carboxylic acids is 1. The molecule has 11 heteroatoms. The fourth-order valence-corrected chi connectivity index (χ4v) is 2.57. The number of nitrogens with two attached hydrogens (primary N) is 2. The summed E-state index contributed by atoms with van der Waals surface area (Å²) < 4.78 is 6.82. The molecule has 0 aromatic carbocycles. The Balaban J connectivity index is 1.63. The van der Waals surface area contributed by atoms with Crippen LogP contribution in [0.4, 0.5) is 5.95 Å². The van der Waals surface area contributed by atoms with Gasteiger partial charge in [-0.3, -0.25) is 9.48 Å². The third-order valence-corrected chi connectivity index (χ3v) is 4.15. The maximum atomic E-state index is 11.7. The van der Waals surface area contributed by atoms with Crippen molar-refractivity contribution in [2.24, 2.45) is 5.73 Å². The van der Waals surface area contributed by atoms with E-state index < -0.39 is 0 Å². The Labute approximate surface area is 178 Å². The number of allylic oxidation sites excluding steroid dienone is 4. The lowest BCUT2D eigenvalue weighted by Crippen LogP contribution is -2.27. The average molecular weight is 421 g/mol. The number of likely N-dealkylation sites (N-methyl/N-ethyl adjacent to an activating group) is 1. The smallest absolute Gasteiger partial charge is 0.261 e. The van der Waals surface area contributed by atoms with Crippen molar-refractivity contribution in [1.82, 2.24) is 35.2 Å². The first-order chi connectivity index (χ1) is 15.0. The van der Waals surface area contributed by atoms with Crippen molar-refractivity contribution in [3.8, 4) is 11.5 Å². The highest BCUT2D eigenvalue weighted by Crippen LogP contribution is 2.18. The fraction of sp³-hybridized carbons (Fsp3) is 0.200. The van der Waals surface area contributed by atoms with E-state index in [4.69, 9.17) is 16.0 Å². The third-order valence-electron chi connectivity index (χ3n) is 4.15. The molecule has 11 nitrogen and oxygen atoms in total. The summed E-state index contributed by atoms with van der Waals surface area (Å²) in [6.07, 6.45) is 11.8. The van der Waals surface area contributed by atoms with Gasteiger partial charge in [0.15, 0.2) is 5.82 Å². The molecule has 0 bridgehead atoms. The molecule has 0 unspecified atom stereocenters. The first-order valence-corrected chi connectivity index (χ1v) is 9.46. The summed E-state index contributed by atoms with van der Waals surface area (Å²) in [5, 5.41) is 10.8. The summed E-state index contributed by atoms with van der Waals surface area (Å²) in [5.74, 6) is 0.834. The van der Waals surface area contributed by atoms with Gasteiger partial charge in [-0.1, -0.05) is 23.9 Å². The van der Waals surface area contributed by atoms with Crippen LogP contribution in [-0.4, -0.2) is 42.3 Å². The second kappa shape index (κ2) is 9.96. The molecule has 0 saturated heterocycles. The Kier molecular flexibility index (Phi) is 6.89. The average Bonchev–Trinajstić information content (AvgIpc) is 3.41. The van der Waals surface area contributed by atoms with Crippen LogP contribution in [0.5, 0.6) is 0 Å². The molecular weight excluding hydrogens is 398 g/mol. The second-order valence-electron chi connectivity index (χ2n) is 6.50. The van der Waals surface area contributed by atoms with Crippen LogP contribution in [0.25, 0.3) is 17.0 Å². The SMILES string of the molecule is C=C(/C=C\C(=C/N)Cc1noc(-c2cnn(CC(=O)NCC)c2)n1)c1cnc(N)nc1. The van der Waals surface area contributed by atoms with Crippen LogP contribution in [0.1, 0.15) is 18.3 Å². The number of amides is 1. The first kappa shape index (κ1) is 21.4. The molecule has 3 aromatic heterocycles. The number of nitrogens with zero attached hydrogens (tertiary/aromatic N) is 6. The van der Waals surface area contributed by atoms with Crippen molar-refractivity contribution in [2.75, 3.05) is 12.3 Å². The summed E-state index contributed by atoms with van der Waals surface area (Å²) in [6.45, 7) is 6.51. The van der Waals surface area contributed by atoms with Crippen LogP contribution >= 0.6 is 0 Å². The van der Waals surface area contributed by atoms with Crippen LogP contribution in [-0.2, 0) is 17.8 Å². The van der Waals surface area contributed by atoms with Gasteiger partial charge >= 0.3 is 0 Å². The molecule has 0 aliphatic rings. The Bertz CT molecular complexity index is 1110. The van der Waals surface area contributed by atoms with Crippen LogP contribution in [0.15, 0.2) is 59.8 Å². The van der Waals surface area contributed by atoms with E-state index in [2.05, 4.69) is 37.1 Å². The number of rotatable bonds is 9. The zero-order valence-electron chi connectivity index (χ0n) is 17.0. The topological polar surface area (TPSA) is 164 Å². The number of nitrogens with one attached hydrogen (secondary N) is 1. The molecule has 0 aliphatic heterocycles. The highest BCUT2D eigenvalue weighted by Gasteiger charge is 2.13. The maximum Gasteiger partial charge on any atom is 0.261 e. The van der Waals surface area contributed by atoms with Crippen LogP contribution in [0.3, 0.4) is 0 Å². The molecule has 3 heterocycles. The largest absolute Gasteiger partial charge is 0.404 e. The zero-order chi connectivity index (χ0) is 22.2. The van der Waals surface area contributed by atoms with Crippen molar-refractivity contribution < 1.29 is 9.32 Å². The number of hydrogen-bond donors (Lipinski definition) is 3. The molecule has 0 spiro atoms. The predicted molar refractivity (Wildman–Crippen MR) is 115 cm³/mol. The molecule has 31 heavy (non-hydrogen) atoms. The standard InChI is InChI=1S/C20H23N9O2/c1-3-23-18(30)12-29-11-16(10-26-29)19-27-17(28-31-19)6-14(7-21)5-4-13(2)15-8-24-20(22)25-9-15/h4-5,7-11H,2-3,6,12,21H2,1H3,(H,23,30)(H2,22,24,25)/b5-4-,14-7+. The van der Waals surface area contributed by atoms with Gasteiger partial charge < -0.3 is 21.3 Å². The highest BCUT2D eigenvalue weighted by atomic mass is 16.5. The van der Waals surface area contributed by atoms with E-state index in [-0.39, 0.29) is 18.4 Å². The normalized spacial score (nSPS) is 11.7. The fourth-order valence-electron chi connectivity index (χ4n) is 2.57. The molecule has 0 atom stereocenters. The number of nitrogen functional groups attached to an aromatic ring is 1. The number of hydrogen-bond acceptors (Lipinski definition) is 9. The van der Waals surface area contributed by atoms with Gasteiger partial charge in [-0.05, 0) is 24.3 Å². The Hall–Kier alpha value is -4.28. The molecule has 3 rings (SSSR count). The first-order valence-electron chi connectivity index (χ1n) is 9.46. The minimum absolute atomic E-state index is 0.114. The van der Waals surface area contributed by atoms with Gasteiger partial charge in [-0.2, -0.15) is 10.1 Å². The van der Waals surface area contributed by atoms with Gasteiger partial charge in [0.25, 0.3) is 5.89 Å². The zero-order valence-corrected chi connectivity index (χ0v) is 17.0. The monoisotopic (exact) mass is 421 g/mol. The molecule has 0 fully saturated rings. The summed E-state index contributed by atoms with van der Waals surface area (Å²) in [6, 6.07) is 0. The van der Waals surface area contributed by atoms with E-state index in [9.17, 15) is 4.79 Å². The van der Waals surface area contributed by atoms with Crippen LogP contribution in [0, 0.1) is 0 Å². The molecule has 160 valence electrons. The summed E-state index contributed by atoms with van der Waals surface area (Å²) in [5.41, 5.74) is 14.1. The van der Waals surface area contributed by atoms with Gasteiger partial charge in [-0.15, -0.1) is 0 Å². The molecule has 0 saturated carbocycles. The molecule has 1 amide bonds. The van der Waals surface area contributed by atoms with E-state index >= 15 is 0 Å². The van der Waals surface area contributed by atoms with Crippen molar-refractivity contribution in [3.05, 3.63) is 66.7 Å². The lowest BCUT2D eigenvalue weighted by atomic mass is 10.1. The number of aromatic nitrogens is 6. The van der Waals surface area contributed by atoms with E-state index in [1.165, 1.54) is 10.9 Å². The quantitative estimate of drug-likeness (QED) is 0.429. The van der Waals surface area contributed by atoms with Gasteiger partial charge in [0.2, 0.25) is 11.9 Å². The van der Waals surface area contributed by atoms with Crippen molar-refractivity contribution in [3.63, 3.8) is 0 Å². The summed E-state index contributed by atoms with van der Waals surface area (Å²) in [7, 11) is 0. The lowest BCUT2D eigenvalue weighted by molar-refractivity contribution is -0.121. The number of anilines is 1. The lowest BCUT2D eigenvalue weighted by Gasteiger charge is -2.01. The Morgan fingerprint density at radius 1 is 1.29 bits per heavy atom. The van der Waals surface area contributed by atoms with Crippen molar-refractivity contribution >= 4 is 17.4 Å². The Morgan fingerprint density at radius 3 is 2.77 bits per heavy atom. The molecule has 0 radical (unpaired) electrons. The summed E-state index contributed by atoms with van der Waals surface area (Å²) >= 11 is 0. The molecule has 3 aromatic rings. The van der Waals surface area contributed by atoms with Gasteiger partial charge in [0, 0.05) is 37.1 Å². The van der Waals surface area contributed by atoms with E-state index in [0.29, 0.717) is 35.8 Å². The maximum absolute atomic E-state index is 11.7. The van der Waals surface area contributed by atoms with E-state index in [0.717, 1.165) is 11.1 Å². The molecular formula is C20H23N9O2. The highest BCUT2D eigenvalue weighted by molar-refractivity contribution is 5.75. The molecule has 5 N–H and O–H groups in total. The van der Waals surface area contributed by atoms with E-state index in [1.54, 1.807) is 36.9 Å². The Morgan fingerprint density at radius 2 is 2.06 bits per heavy atom. The van der Waals surface area contributed by atoms with Gasteiger partial charge in [0.05, 0.1) is 11.8 Å². The van der Waals surface area contributed by atoms with E-state index in [1.807, 2.05) is 6.92 Å². The minimum atomic E-state index is -0.125. The summed E-state index contributed by atoms with van der Waals surface area (Å²) in [4.78, 5) is 23.9. The second-order valence-corrected chi connectivity index (χ2v) is 6.50. The van der Waals surface area contributed by atoms with Crippen molar-refractivity contribution in [1.29, 1.82) is 0 Å². The van der Waals surface area contributed by atoms with Gasteiger partial charge in [-0.25, -0.2) is 9.97 Å². The third kappa shape index (κ3) is 5.85. The minimum Gasteiger partial charge on any atom is -0.404 e.